The van der Waals surface area contributed by atoms with Crippen LogP contribution in [0.25, 0.3) is 10.9 Å². The Bertz CT molecular complexity index is 740. The Balaban J connectivity index is 1.84. The number of aryl methyl sites for hydroxylation is 3. The fraction of sp³-hybridized carbons (Fsp3) is 0.375. The lowest BCUT2D eigenvalue weighted by Gasteiger charge is -2.13. The Morgan fingerprint density at radius 1 is 1.24 bits per heavy atom. The molecule has 0 aliphatic rings. The fourth-order valence-electron chi connectivity index (χ4n) is 2.83. The Hall–Kier alpha value is -2.14. The third-order valence-corrected chi connectivity index (χ3v) is 3.94. The van der Waals surface area contributed by atoms with Gasteiger partial charge in [-0.3, -0.25) is 9.36 Å². The van der Waals surface area contributed by atoms with E-state index in [2.05, 4.69) is 40.9 Å². The highest BCUT2D eigenvalue weighted by molar-refractivity contribution is 5.82. The molecule has 3 rings (SSSR count). The maximum absolute atomic E-state index is 4.71. The summed E-state index contributed by atoms with van der Waals surface area (Å²) in [5.74, 6) is 0. The second-order valence-corrected chi connectivity index (χ2v) is 5.43. The number of benzene rings is 1. The van der Waals surface area contributed by atoms with E-state index in [-0.39, 0.29) is 6.04 Å². The van der Waals surface area contributed by atoms with Gasteiger partial charge in [-0.05, 0) is 31.5 Å². The van der Waals surface area contributed by atoms with Crippen molar-refractivity contribution < 1.29 is 0 Å². The van der Waals surface area contributed by atoms with Crippen LogP contribution < -0.4 is 5.32 Å². The number of aromatic nitrogens is 4. The fourth-order valence-corrected chi connectivity index (χ4v) is 2.83. The first kappa shape index (κ1) is 13.8. The molecule has 1 aromatic carbocycles. The molecule has 0 fully saturated rings. The number of hydrogen-bond acceptors (Lipinski definition) is 3. The second-order valence-electron chi connectivity index (χ2n) is 5.43. The number of hydrogen-bond donors (Lipinski definition) is 1. The lowest BCUT2D eigenvalue weighted by atomic mass is 10.0. The van der Waals surface area contributed by atoms with E-state index >= 15 is 0 Å². The zero-order valence-corrected chi connectivity index (χ0v) is 12.7. The van der Waals surface area contributed by atoms with Gasteiger partial charge in [0.1, 0.15) is 0 Å². The zero-order chi connectivity index (χ0) is 14.8. The molecule has 0 aliphatic carbocycles. The summed E-state index contributed by atoms with van der Waals surface area (Å²) in [5.41, 5.74) is 3.56. The van der Waals surface area contributed by atoms with Crippen LogP contribution in [0.1, 0.15) is 23.7 Å². The molecule has 1 atom stereocenters. The first-order chi connectivity index (χ1) is 10.2. The number of nitrogens with one attached hydrogen (secondary N) is 1. The summed E-state index contributed by atoms with van der Waals surface area (Å²) >= 11 is 0. The van der Waals surface area contributed by atoms with E-state index in [1.165, 1.54) is 16.5 Å². The first-order valence-corrected chi connectivity index (χ1v) is 7.25. The molecule has 0 saturated carbocycles. The lowest BCUT2D eigenvalue weighted by Crippen LogP contribution is -2.18. The van der Waals surface area contributed by atoms with Crippen LogP contribution in [0.5, 0.6) is 0 Å². The number of nitrogens with zero attached hydrogens (tertiary/aromatic N) is 4. The molecule has 21 heavy (non-hydrogen) atoms. The molecule has 1 N–H and O–H groups in total. The predicted octanol–water partition coefficient (Wildman–Crippen LogP) is 2.20. The minimum absolute atomic E-state index is 0.247. The van der Waals surface area contributed by atoms with Crippen molar-refractivity contribution in [2.75, 3.05) is 7.05 Å². The summed E-state index contributed by atoms with van der Waals surface area (Å²) in [6, 6.07) is 8.63. The van der Waals surface area contributed by atoms with Crippen LogP contribution in [-0.4, -0.2) is 26.6 Å². The average molecular weight is 283 g/mol. The Kier molecular flexibility index (Phi) is 3.75. The van der Waals surface area contributed by atoms with E-state index in [9.17, 15) is 0 Å². The topological polar surface area (TPSA) is 47.7 Å². The van der Waals surface area contributed by atoms with E-state index < -0.39 is 0 Å². The summed E-state index contributed by atoms with van der Waals surface area (Å²) < 4.78 is 3.80. The number of para-hydroxylation sites is 1. The van der Waals surface area contributed by atoms with Gasteiger partial charge in [0.25, 0.3) is 0 Å². The SMILES string of the molecule is CNC(CCc1cnn(C)c1)c1nn(C)c2ccccc12. The molecule has 0 radical (unpaired) electrons. The van der Waals surface area contributed by atoms with Gasteiger partial charge in [0.2, 0.25) is 0 Å². The highest BCUT2D eigenvalue weighted by Gasteiger charge is 2.17. The summed E-state index contributed by atoms with van der Waals surface area (Å²) in [5, 5.41) is 13.6. The molecule has 2 heterocycles. The maximum atomic E-state index is 4.71. The van der Waals surface area contributed by atoms with Crippen LogP contribution in [0.4, 0.5) is 0 Å². The van der Waals surface area contributed by atoms with Crippen molar-refractivity contribution in [3.8, 4) is 0 Å². The molecule has 5 heteroatoms. The van der Waals surface area contributed by atoms with Crippen molar-refractivity contribution >= 4 is 10.9 Å². The smallest absolute Gasteiger partial charge is 0.0872 e. The van der Waals surface area contributed by atoms with Gasteiger partial charge in [-0.2, -0.15) is 10.2 Å². The summed E-state index contributed by atoms with van der Waals surface area (Å²) in [4.78, 5) is 0. The molecule has 5 nitrogen and oxygen atoms in total. The second kappa shape index (κ2) is 5.69. The van der Waals surface area contributed by atoms with Crippen LogP contribution in [0.3, 0.4) is 0 Å². The molecule has 3 aromatic rings. The highest BCUT2D eigenvalue weighted by atomic mass is 15.3. The third kappa shape index (κ3) is 2.69. The van der Waals surface area contributed by atoms with Gasteiger partial charge in [-0.15, -0.1) is 0 Å². The monoisotopic (exact) mass is 283 g/mol. The van der Waals surface area contributed by atoms with Crippen LogP contribution in [0.15, 0.2) is 36.7 Å². The van der Waals surface area contributed by atoms with Crippen LogP contribution in [0.2, 0.25) is 0 Å². The molecule has 2 aromatic heterocycles. The van der Waals surface area contributed by atoms with Gasteiger partial charge in [-0.1, -0.05) is 18.2 Å². The van der Waals surface area contributed by atoms with Crippen molar-refractivity contribution in [1.82, 2.24) is 24.9 Å². The van der Waals surface area contributed by atoms with Gasteiger partial charge >= 0.3 is 0 Å². The molecule has 0 saturated heterocycles. The highest BCUT2D eigenvalue weighted by Crippen LogP contribution is 2.26. The molecular formula is C16H21N5. The Morgan fingerprint density at radius 3 is 2.76 bits per heavy atom. The van der Waals surface area contributed by atoms with E-state index in [0.29, 0.717) is 0 Å². The van der Waals surface area contributed by atoms with Gasteiger partial charge in [0, 0.05) is 25.7 Å². The average Bonchev–Trinajstić information content (AvgIpc) is 3.05. The maximum Gasteiger partial charge on any atom is 0.0872 e. The van der Waals surface area contributed by atoms with E-state index in [1.54, 1.807) is 0 Å². The largest absolute Gasteiger partial charge is 0.312 e. The van der Waals surface area contributed by atoms with Gasteiger partial charge in [0.05, 0.1) is 23.4 Å². The van der Waals surface area contributed by atoms with Gasteiger partial charge < -0.3 is 5.32 Å². The van der Waals surface area contributed by atoms with Crippen LogP contribution in [0, 0.1) is 0 Å². The van der Waals surface area contributed by atoms with Crippen molar-refractivity contribution in [2.24, 2.45) is 14.1 Å². The first-order valence-electron chi connectivity index (χ1n) is 7.25. The minimum atomic E-state index is 0.247. The number of rotatable bonds is 5. The van der Waals surface area contributed by atoms with E-state index in [4.69, 9.17) is 5.10 Å². The van der Waals surface area contributed by atoms with Crippen molar-refractivity contribution in [1.29, 1.82) is 0 Å². The van der Waals surface area contributed by atoms with Gasteiger partial charge in [0.15, 0.2) is 0 Å². The molecule has 0 bridgehead atoms. The standard InChI is InChI=1S/C16H21N5/c1-17-14(9-8-12-10-18-20(2)11-12)16-13-6-4-5-7-15(13)21(3)19-16/h4-7,10-11,14,17H,8-9H2,1-3H3. The molecule has 0 amide bonds. The van der Waals surface area contributed by atoms with Gasteiger partial charge in [-0.25, -0.2) is 0 Å². The van der Waals surface area contributed by atoms with Crippen molar-refractivity contribution in [3.05, 3.63) is 47.9 Å². The molecule has 1 unspecified atom stereocenters. The van der Waals surface area contributed by atoms with E-state index in [0.717, 1.165) is 18.5 Å². The summed E-state index contributed by atoms with van der Waals surface area (Å²) in [6.07, 6.45) is 6.00. The Labute approximate surface area is 124 Å². The predicted molar refractivity (Wildman–Crippen MR) is 84.0 cm³/mol. The minimum Gasteiger partial charge on any atom is -0.312 e. The lowest BCUT2D eigenvalue weighted by molar-refractivity contribution is 0.530. The molecule has 0 spiro atoms. The quantitative estimate of drug-likeness (QED) is 0.781. The van der Waals surface area contributed by atoms with Crippen molar-refractivity contribution in [3.63, 3.8) is 0 Å². The van der Waals surface area contributed by atoms with Crippen LogP contribution >= 0.6 is 0 Å². The normalized spacial score (nSPS) is 12.9. The van der Waals surface area contributed by atoms with Crippen LogP contribution in [-0.2, 0) is 20.5 Å². The molecular weight excluding hydrogens is 262 g/mol. The number of fused-ring (bicyclic) bond motifs is 1. The molecule has 0 aliphatic heterocycles. The molecule has 110 valence electrons. The Morgan fingerprint density at radius 2 is 2.05 bits per heavy atom. The summed E-state index contributed by atoms with van der Waals surface area (Å²) in [7, 11) is 5.95. The van der Waals surface area contributed by atoms with E-state index in [1.807, 2.05) is 36.7 Å². The van der Waals surface area contributed by atoms with Crippen molar-refractivity contribution in [2.45, 2.75) is 18.9 Å². The third-order valence-electron chi connectivity index (χ3n) is 3.94. The zero-order valence-electron chi connectivity index (χ0n) is 12.7. The summed E-state index contributed by atoms with van der Waals surface area (Å²) in [6.45, 7) is 0.